The fourth-order valence-electron chi connectivity index (χ4n) is 4.40. The van der Waals surface area contributed by atoms with E-state index in [4.69, 9.17) is 9.72 Å². The molecule has 0 saturated carbocycles. The van der Waals surface area contributed by atoms with Crippen LogP contribution in [0.25, 0.3) is 22.3 Å². The number of carbonyl (C=O) groups excluding carboxylic acids is 2. The Morgan fingerprint density at radius 1 is 1.06 bits per heavy atom. The second-order valence-electron chi connectivity index (χ2n) is 8.70. The molecule has 7 nitrogen and oxygen atoms in total. The Morgan fingerprint density at radius 2 is 1.82 bits per heavy atom. The van der Waals surface area contributed by atoms with Crippen LogP contribution in [0.4, 0.5) is 5.69 Å². The molecule has 0 fully saturated rings. The summed E-state index contributed by atoms with van der Waals surface area (Å²) >= 11 is 0. The highest BCUT2D eigenvalue weighted by Gasteiger charge is 2.25. The summed E-state index contributed by atoms with van der Waals surface area (Å²) in [6, 6.07) is 19.3. The summed E-state index contributed by atoms with van der Waals surface area (Å²) in [6.07, 6.45) is 3.46. The highest BCUT2D eigenvalue weighted by molar-refractivity contribution is 6.05. The molecule has 0 radical (unpaired) electrons. The van der Waals surface area contributed by atoms with Crippen LogP contribution in [0.5, 0.6) is 0 Å². The first-order valence-electron chi connectivity index (χ1n) is 11.5. The van der Waals surface area contributed by atoms with Gasteiger partial charge in [-0.1, -0.05) is 48.5 Å². The lowest BCUT2D eigenvalue weighted by Gasteiger charge is -2.29. The van der Waals surface area contributed by atoms with Gasteiger partial charge in [0.15, 0.2) is 12.3 Å². The maximum absolute atomic E-state index is 13.2. The number of aryl methyl sites for hydroxylation is 1. The van der Waals surface area contributed by atoms with Crippen LogP contribution in [0, 0.1) is 0 Å². The van der Waals surface area contributed by atoms with Crippen molar-refractivity contribution in [3.8, 4) is 11.3 Å². The fourth-order valence-corrected chi connectivity index (χ4v) is 4.40. The number of hydrogen-bond acceptors (Lipinski definition) is 5. The van der Waals surface area contributed by atoms with E-state index in [2.05, 4.69) is 5.10 Å². The van der Waals surface area contributed by atoms with Gasteiger partial charge in [-0.25, -0.2) is 14.5 Å². The summed E-state index contributed by atoms with van der Waals surface area (Å²) in [5.41, 5.74) is 4.53. The van der Waals surface area contributed by atoms with Gasteiger partial charge in [0.2, 0.25) is 0 Å². The second-order valence-corrected chi connectivity index (χ2v) is 8.70. The third-order valence-electron chi connectivity index (χ3n) is 6.08. The lowest BCUT2D eigenvalue weighted by molar-refractivity contribution is -0.121. The quantitative estimate of drug-likeness (QED) is 0.404. The van der Waals surface area contributed by atoms with Crippen LogP contribution >= 0.6 is 0 Å². The predicted octanol–water partition coefficient (Wildman–Crippen LogP) is 4.82. The van der Waals surface area contributed by atoms with Gasteiger partial charge in [-0.2, -0.15) is 5.10 Å². The zero-order valence-corrected chi connectivity index (χ0v) is 19.3. The third kappa shape index (κ3) is 4.05. The van der Waals surface area contributed by atoms with Crippen molar-refractivity contribution in [3.05, 3.63) is 78.0 Å². The van der Waals surface area contributed by atoms with Crippen molar-refractivity contribution in [2.24, 2.45) is 0 Å². The maximum Gasteiger partial charge on any atom is 0.339 e. The van der Waals surface area contributed by atoms with Crippen LogP contribution in [-0.4, -0.2) is 39.8 Å². The number of carbonyl (C=O) groups is 2. The number of hydrogen-bond donors (Lipinski definition) is 0. The molecule has 172 valence electrons. The van der Waals surface area contributed by atoms with Crippen LogP contribution in [0.1, 0.15) is 42.2 Å². The van der Waals surface area contributed by atoms with E-state index in [0.29, 0.717) is 28.8 Å². The van der Waals surface area contributed by atoms with E-state index < -0.39 is 5.97 Å². The lowest BCUT2D eigenvalue weighted by atomic mass is 10.0. The van der Waals surface area contributed by atoms with Crippen molar-refractivity contribution < 1.29 is 14.3 Å². The van der Waals surface area contributed by atoms with Crippen LogP contribution < -0.4 is 4.90 Å². The average molecular weight is 455 g/mol. The normalized spacial score (nSPS) is 13.2. The number of para-hydroxylation sites is 1. The van der Waals surface area contributed by atoms with E-state index in [9.17, 15) is 9.59 Å². The number of benzene rings is 2. The topological polar surface area (TPSA) is 77.3 Å². The van der Waals surface area contributed by atoms with Crippen molar-refractivity contribution in [1.82, 2.24) is 14.8 Å². The molecule has 34 heavy (non-hydrogen) atoms. The lowest BCUT2D eigenvalue weighted by Crippen LogP contribution is -2.38. The van der Waals surface area contributed by atoms with Gasteiger partial charge in [0.05, 0.1) is 22.8 Å². The molecular weight excluding hydrogens is 428 g/mol. The molecule has 3 heterocycles. The summed E-state index contributed by atoms with van der Waals surface area (Å²) in [5, 5.41) is 5.04. The van der Waals surface area contributed by atoms with Crippen LogP contribution in [0.15, 0.2) is 66.9 Å². The molecule has 1 aliphatic heterocycles. The van der Waals surface area contributed by atoms with Gasteiger partial charge in [-0.15, -0.1) is 0 Å². The monoisotopic (exact) mass is 454 g/mol. The van der Waals surface area contributed by atoms with E-state index in [-0.39, 0.29) is 18.6 Å². The number of pyridine rings is 1. The Bertz CT molecular complexity index is 1360. The molecule has 0 atom stereocenters. The number of nitrogens with zero attached hydrogens (tertiary/aromatic N) is 4. The van der Waals surface area contributed by atoms with E-state index in [0.717, 1.165) is 29.7 Å². The SMILES string of the molecule is CC(C)n1ncc2c(C(=O)OCC(=O)N3CCCc4ccccc43)cc(-c3ccccc3)nc21. The summed E-state index contributed by atoms with van der Waals surface area (Å²) in [4.78, 5) is 32.6. The van der Waals surface area contributed by atoms with E-state index in [1.54, 1.807) is 21.8 Å². The van der Waals surface area contributed by atoms with Crippen molar-refractivity contribution >= 4 is 28.6 Å². The minimum atomic E-state index is -0.563. The number of aromatic nitrogens is 3. The van der Waals surface area contributed by atoms with Crippen molar-refractivity contribution in [3.63, 3.8) is 0 Å². The van der Waals surface area contributed by atoms with Crippen molar-refractivity contribution in [2.45, 2.75) is 32.7 Å². The van der Waals surface area contributed by atoms with Crippen LogP contribution in [0.2, 0.25) is 0 Å². The van der Waals surface area contributed by atoms with Gasteiger partial charge < -0.3 is 9.64 Å². The number of esters is 1. The number of amides is 1. The first-order chi connectivity index (χ1) is 16.5. The molecule has 0 N–H and O–H groups in total. The van der Waals surface area contributed by atoms with Crippen LogP contribution in [0.3, 0.4) is 0 Å². The van der Waals surface area contributed by atoms with Gasteiger partial charge in [-0.3, -0.25) is 4.79 Å². The average Bonchev–Trinajstić information content (AvgIpc) is 3.31. The zero-order chi connectivity index (χ0) is 23.7. The number of ether oxygens (including phenoxy) is 1. The van der Waals surface area contributed by atoms with Gasteiger partial charge in [0.25, 0.3) is 5.91 Å². The molecule has 4 aromatic rings. The summed E-state index contributed by atoms with van der Waals surface area (Å²) < 4.78 is 7.32. The summed E-state index contributed by atoms with van der Waals surface area (Å²) in [5.74, 6) is -0.793. The maximum atomic E-state index is 13.2. The Kier molecular flexibility index (Phi) is 5.84. The molecule has 7 heteroatoms. The molecule has 2 aromatic carbocycles. The molecule has 0 bridgehead atoms. The Morgan fingerprint density at radius 3 is 2.62 bits per heavy atom. The fraction of sp³-hybridized carbons (Fsp3) is 0.259. The molecule has 5 rings (SSSR count). The largest absolute Gasteiger partial charge is 0.452 e. The molecule has 1 amide bonds. The van der Waals surface area contributed by atoms with E-state index in [1.807, 2.05) is 68.4 Å². The van der Waals surface area contributed by atoms with Gasteiger partial charge in [0, 0.05) is 23.8 Å². The van der Waals surface area contributed by atoms with Gasteiger partial charge in [-0.05, 0) is 44.4 Å². The minimum absolute atomic E-state index is 0.0700. The Labute approximate surface area is 198 Å². The summed E-state index contributed by atoms with van der Waals surface area (Å²) in [7, 11) is 0. The Hall–Kier alpha value is -4.00. The molecule has 2 aromatic heterocycles. The first-order valence-corrected chi connectivity index (χ1v) is 11.5. The zero-order valence-electron chi connectivity index (χ0n) is 19.3. The number of rotatable bonds is 5. The molecule has 0 aliphatic carbocycles. The van der Waals surface area contributed by atoms with Gasteiger partial charge >= 0.3 is 5.97 Å². The predicted molar refractivity (Wildman–Crippen MR) is 131 cm³/mol. The number of anilines is 1. The van der Waals surface area contributed by atoms with Crippen molar-refractivity contribution in [2.75, 3.05) is 18.1 Å². The van der Waals surface area contributed by atoms with E-state index in [1.165, 1.54) is 0 Å². The number of fused-ring (bicyclic) bond motifs is 2. The molecular formula is C27H26N4O3. The second kappa shape index (κ2) is 9.09. The van der Waals surface area contributed by atoms with Gasteiger partial charge in [0.1, 0.15) is 0 Å². The van der Waals surface area contributed by atoms with E-state index >= 15 is 0 Å². The first kappa shape index (κ1) is 21.8. The molecule has 0 saturated heterocycles. The highest BCUT2D eigenvalue weighted by atomic mass is 16.5. The summed E-state index contributed by atoms with van der Waals surface area (Å²) in [6.45, 7) is 4.31. The smallest absolute Gasteiger partial charge is 0.339 e. The van der Waals surface area contributed by atoms with Crippen molar-refractivity contribution in [1.29, 1.82) is 0 Å². The minimum Gasteiger partial charge on any atom is -0.452 e. The molecule has 1 aliphatic rings. The van der Waals surface area contributed by atoms with Crippen LogP contribution in [-0.2, 0) is 16.0 Å². The highest BCUT2D eigenvalue weighted by Crippen LogP contribution is 2.28. The molecule has 0 unspecified atom stereocenters. The Balaban J connectivity index is 1.44. The standard InChI is InChI=1S/C27H26N4O3/c1-18(2)31-26-22(16-28-31)21(15-23(29-26)19-9-4-3-5-10-19)27(33)34-17-25(32)30-14-8-12-20-11-6-7-13-24(20)30/h3-7,9-11,13,15-16,18H,8,12,14,17H2,1-2H3. The molecule has 0 spiro atoms. The third-order valence-corrected chi connectivity index (χ3v) is 6.08.